The Balaban J connectivity index is 2.23. The van der Waals surface area contributed by atoms with Crippen LogP contribution in [0, 0.1) is 6.92 Å². The maximum atomic E-state index is 6.11. The number of hydrogen-bond acceptors (Lipinski definition) is 3. The van der Waals surface area contributed by atoms with Crippen LogP contribution in [-0.4, -0.2) is 37.1 Å². The molecule has 3 nitrogen and oxygen atoms in total. The fourth-order valence-electron chi connectivity index (χ4n) is 2.42. The Morgan fingerprint density at radius 3 is 2.48 bits per heavy atom. The molecule has 0 radical (unpaired) electrons. The van der Waals surface area contributed by atoms with Crippen LogP contribution in [0.2, 0.25) is 10.0 Å². The molecule has 0 amide bonds. The third-order valence-electron chi connectivity index (χ3n) is 3.70. The summed E-state index contributed by atoms with van der Waals surface area (Å²) in [5.74, 6) is 0.789. The molecule has 2 rings (SSSR count). The van der Waals surface area contributed by atoms with Crippen molar-refractivity contribution in [3.05, 3.63) is 57.3 Å². The zero-order chi connectivity index (χ0) is 18.4. The highest BCUT2D eigenvalue weighted by molar-refractivity contribution is 6.34. The topological polar surface area (TPSA) is 25.4 Å². The van der Waals surface area contributed by atoms with E-state index >= 15 is 0 Å². The van der Waals surface area contributed by atoms with Crippen LogP contribution in [0.5, 0.6) is 5.75 Å². The standard InChI is InChI=1S/C20H24Cl2N2O/c1-14(16-11-17(21)13-18(22)12-16)10-19-20(7-6-15(2)23-19)25-9-5-8-24(3)4/h6-7,10-13H,5,8-9H2,1-4H3. The van der Waals surface area contributed by atoms with Crippen molar-refractivity contribution in [2.24, 2.45) is 0 Å². The van der Waals surface area contributed by atoms with Gasteiger partial charge in [-0.2, -0.15) is 0 Å². The molecule has 134 valence electrons. The van der Waals surface area contributed by atoms with Crippen molar-refractivity contribution in [2.75, 3.05) is 27.2 Å². The van der Waals surface area contributed by atoms with E-state index in [1.54, 1.807) is 6.07 Å². The predicted molar refractivity (Wildman–Crippen MR) is 108 cm³/mol. The average molecular weight is 379 g/mol. The maximum Gasteiger partial charge on any atom is 0.144 e. The largest absolute Gasteiger partial charge is 0.491 e. The summed E-state index contributed by atoms with van der Waals surface area (Å²) in [4.78, 5) is 6.76. The molecule has 1 heterocycles. The highest BCUT2D eigenvalue weighted by Crippen LogP contribution is 2.27. The molecule has 0 unspecified atom stereocenters. The van der Waals surface area contributed by atoms with Gasteiger partial charge in [-0.1, -0.05) is 23.2 Å². The first-order valence-corrected chi connectivity index (χ1v) is 9.00. The first-order valence-electron chi connectivity index (χ1n) is 8.25. The molecule has 0 aliphatic rings. The SMILES string of the molecule is CC(=Cc1nc(C)ccc1OCCCN(C)C)c1cc(Cl)cc(Cl)c1. The summed E-state index contributed by atoms with van der Waals surface area (Å²) >= 11 is 12.2. The Morgan fingerprint density at radius 2 is 1.84 bits per heavy atom. The molecule has 1 aromatic heterocycles. The molecule has 0 aliphatic heterocycles. The monoisotopic (exact) mass is 378 g/mol. The Bertz CT molecular complexity index is 737. The van der Waals surface area contributed by atoms with Crippen LogP contribution >= 0.6 is 23.2 Å². The first-order chi connectivity index (χ1) is 11.8. The van der Waals surface area contributed by atoms with Crippen molar-refractivity contribution in [1.29, 1.82) is 0 Å². The van der Waals surface area contributed by atoms with Crippen molar-refractivity contribution in [1.82, 2.24) is 9.88 Å². The van der Waals surface area contributed by atoms with Gasteiger partial charge in [0.25, 0.3) is 0 Å². The third-order valence-corrected chi connectivity index (χ3v) is 4.14. The van der Waals surface area contributed by atoms with E-state index in [4.69, 9.17) is 27.9 Å². The van der Waals surface area contributed by atoms with Crippen LogP contribution in [0.25, 0.3) is 11.6 Å². The molecular weight excluding hydrogens is 355 g/mol. The molecule has 0 N–H and O–H groups in total. The normalized spacial score (nSPS) is 11.9. The predicted octanol–water partition coefficient (Wildman–Crippen LogP) is 5.59. The summed E-state index contributed by atoms with van der Waals surface area (Å²) in [5, 5.41) is 1.24. The van der Waals surface area contributed by atoms with E-state index in [0.29, 0.717) is 16.7 Å². The van der Waals surface area contributed by atoms with Crippen molar-refractivity contribution in [3.63, 3.8) is 0 Å². The van der Waals surface area contributed by atoms with Crippen molar-refractivity contribution >= 4 is 34.9 Å². The van der Waals surface area contributed by atoms with Gasteiger partial charge >= 0.3 is 0 Å². The van der Waals surface area contributed by atoms with Crippen molar-refractivity contribution < 1.29 is 4.74 Å². The van der Waals surface area contributed by atoms with Gasteiger partial charge in [-0.25, -0.2) is 4.98 Å². The second-order valence-corrected chi connectivity index (χ2v) is 7.20. The van der Waals surface area contributed by atoms with Gasteiger partial charge in [-0.05, 0) is 81.9 Å². The summed E-state index contributed by atoms with van der Waals surface area (Å²) in [6.45, 7) is 5.64. The van der Waals surface area contributed by atoms with Gasteiger partial charge in [-0.3, -0.25) is 0 Å². The number of rotatable bonds is 7. The number of halogens is 2. The lowest BCUT2D eigenvalue weighted by molar-refractivity contribution is 0.280. The molecule has 0 bridgehead atoms. The lowest BCUT2D eigenvalue weighted by atomic mass is 10.1. The minimum atomic E-state index is 0.618. The molecule has 0 aliphatic carbocycles. The van der Waals surface area contributed by atoms with Crippen LogP contribution in [0.4, 0.5) is 0 Å². The number of aryl methyl sites for hydroxylation is 1. The molecule has 0 fully saturated rings. The fourth-order valence-corrected chi connectivity index (χ4v) is 2.95. The van der Waals surface area contributed by atoms with E-state index in [9.17, 15) is 0 Å². The van der Waals surface area contributed by atoms with Gasteiger partial charge in [0.2, 0.25) is 0 Å². The summed E-state index contributed by atoms with van der Waals surface area (Å²) in [5.41, 5.74) is 3.77. The second kappa shape index (κ2) is 9.23. The van der Waals surface area contributed by atoms with Gasteiger partial charge in [0.05, 0.1) is 6.61 Å². The molecule has 25 heavy (non-hydrogen) atoms. The summed E-state index contributed by atoms with van der Waals surface area (Å²) in [6.07, 6.45) is 2.98. The average Bonchev–Trinajstić information content (AvgIpc) is 2.52. The highest BCUT2D eigenvalue weighted by Gasteiger charge is 2.07. The smallest absolute Gasteiger partial charge is 0.144 e. The van der Waals surface area contributed by atoms with E-state index in [-0.39, 0.29) is 0 Å². The van der Waals surface area contributed by atoms with Crippen LogP contribution in [0.3, 0.4) is 0 Å². The van der Waals surface area contributed by atoms with Crippen molar-refractivity contribution in [3.8, 4) is 5.75 Å². The fraction of sp³-hybridized carbons (Fsp3) is 0.350. The number of ether oxygens (including phenoxy) is 1. The summed E-state index contributed by atoms with van der Waals surface area (Å²) in [7, 11) is 4.11. The number of aromatic nitrogens is 1. The summed E-state index contributed by atoms with van der Waals surface area (Å²) in [6, 6.07) is 9.45. The minimum absolute atomic E-state index is 0.618. The molecule has 0 saturated heterocycles. The summed E-state index contributed by atoms with van der Waals surface area (Å²) < 4.78 is 5.94. The van der Waals surface area contributed by atoms with Crippen LogP contribution < -0.4 is 4.74 Å². The molecule has 0 spiro atoms. The number of hydrogen-bond donors (Lipinski definition) is 0. The van der Waals surface area contributed by atoms with Gasteiger partial charge < -0.3 is 9.64 Å². The molecule has 1 aromatic carbocycles. The van der Waals surface area contributed by atoms with Crippen LogP contribution in [0.1, 0.15) is 30.3 Å². The minimum Gasteiger partial charge on any atom is -0.491 e. The Kier molecular flexibility index (Phi) is 7.30. The molecular formula is C20H24Cl2N2O. The Labute approximate surface area is 160 Å². The quantitative estimate of drug-likeness (QED) is 0.587. The van der Waals surface area contributed by atoms with Gasteiger partial charge in [-0.15, -0.1) is 0 Å². The Morgan fingerprint density at radius 1 is 1.16 bits per heavy atom. The number of allylic oxidation sites excluding steroid dienone is 1. The maximum absolute atomic E-state index is 6.11. The molecule has 2 aromatic rings. The lowest BCUT2D eigenvalue weighted by Gasteiger charge is -2.12. The second-order valence-electron chi connectivity index (χ2n) is 6.33. The number of pyridine rings is 1. The number of benzene rings is 1. The Hall–Kier alpha value is -1.55. The van der Waals surface area contributed by atoms with Crippen LogP contribution in [-0.2, 0) is 0 Å². The van der Waals surface area contributed by atoms with Gasteiger partial charge in [0.1, 0.15) is 11.4 Å². The van der Waals surface area contributed by atoms with Crippen LogP contribution in [0.15, 0.2) is 30.3 Å². The van der Waals surface area contributed by atoms with E-state index in [0.717, 1.165) is 41.2 Å². The highest BCUT2D eigenvalue weighted by atomic mass is 35.5. The zero-order valence-corrected chi connectivity index (χ0v) is 16.7. The third kappa shape index (κ3) is 6.35. The molecule has 0 atom stereocenters. The van der Waals surface area contributed by atoms with E-state index in [1.165, 1.54) is 0 Å². The van der Waals surface area contributed by atoms with Gasteiger partial charge in [0.15, 0.2) is 0 Å². The zero-order valence-electron chi connectivity index (χ0n) is 15.1. The molecule has 0 saturated carbocycles. The van der Waals surface area contributed by atoms with E-state index < -0.39 is 0 Å². The van der Waals surface area contributed by atoms with E-state index in [1.807, 2.05) is 44.2 Å². The first kappa shape index (κ1) is 19.8. The van der Waals surface area contributed by atoms with Crippen molar-refractivity contribution in [2.45, 2.75) is 20.3 Å². The van der Waals surface area contributed by atoms with Gasteiger partial charge in [0, 0.05) is 22.3 Å². The number of nitrogens with zero attached hydrogens (tertiary/aromatic N) is 2. The lowest BCUT2D eigenvalue weighted by Crippen LogP contribution is -2.15. The van der Waals surface area contributed by atoms with E-state index in [2.05, 4.69) is 24.0 Å². The molecule has 5 heteroatoms.